The minimum atomic E-state index is 0.124. The zero-order chi connectivity index (χ0) is 14.8. The Morgan fingerprint density at radius 3 is 3.05 bits per heavy atom. The Balaban J connectivity index is 1.68. The van der Waals surface area contributed by atoms with Crippen LogP contribution in [0.2, 0.25) is 0 Å². The smallest absolute Gasteiger partial charge is 0.237 e. The third-order valence-electron chi connectivity index (χ3n) is 3.42. The van der Waals surface area contributed by atoms with E-state index in [0.29, 0.717) is 5.75 Å². The van der Waals surface area contributed by atoms with Gasteiger partial charge >= 0.3 is 0 Å². The summed E-state index contributed by atoms with van der Waals surface area (Å²) < 4.78 is 0.813. The van der Waals surface area contributed by atoms with Crippen molar-refractivity contribution in [2.75, 3.05) is 23.0 Å². The SMILES string of the molecule is CNc1nnc(SCC(=O)N2c3ccccc3C[C@H]2C)s1. The maximum absolute atomic E-state index is 12.5. The van der Waals surface area contributed by atoms with Gasteiger partial charge in [0, 0.05) is 18.8 Å². The number of benzene rings is 1. The fourth-order valence-electron chi connectivity index (χ4n) is 2.51. The second-order valence-corrected chi connectivity index (χ2v) is 7.06. The normalized spacial score (nSPS) is 16.9. The summed E-state index contributed by atoms with van der Waals surface area (Å²) in [7, 11) is 1.81. The zero-order valence-electron chi connectivity index (χ0n) is 11.9. The van der Waals surface area contributed by atoms with Gasteiger partial charge in [0.2, 0.25) is 11.0 Å². The molecule has 5 nitrogen and oxygen atoms in total. The van der Waals surface area contributed by atoms with Crippen molar-refractivity contribution in [2.24, 2.45) is 0 Å². The lowest BCUT2D eigenvalue weighted by Crippen LogP contribution is -2.36. The van der Waals surface area contributed by atoms with Crippen LogP contribution in [-0.4, -0.2) is 34.9 Å². The summed E-state index contributed by atoms with van der Waals surface area (Å²) in [4.78, 5) is 14.4. The molecule has 0 spiro atoms. The van der Waals surface area contributed by atoms with Gasteiger partial charge in [-0.05, 0) is 25.0 Å². The van der Waals surface area contributed by atoms with Crippen LogP contribution in [0.5, 0.6) is 0 Å². The van der Waals surface area contributed by atoms with E-state index in [2.05, 4.69) is 28.5 Å². The first-order valence-corrected chi connectivity index (χ1v) is 8.53. The minimum absolute atomic E-state index is 0.124. The summed E-state index contributed by atoms with van der Waals surface area (Å²) in [5, 5.41) is 11.7. The van der Waals surface area contributed by atoms with Gasteiger partial charge in [-0.2, -0.15) is 0 Å². The highest BCUT2D eigenvalue weighted by molar-refractivity contribution is 8.01. The van der Waals surface area contributed by atoms with Gasteiger partial charge in [-0.3, -0.25) is 4.79 Å². The number of para-hydroxylation sites is 1. The molecule has 110 valence electrons. The second kappa shape index (κ2) is 6.03. The number of carbonyl (C=O) groups is 1. The molecule has 0 saturated heterocycles. The summed E-state index contributed by atoms with van der Waals surface area (Å²) in [6.07, 6.45) is 0.926. The average Bonchev–Trinajstić information content (AvgIpc) is 3.07. The number of hydrogen-bond donors (Lipinski definition) is 1. The van der Waals surface area contributed by atoms with E-state index < -0.39 is 0 Å². The highest BCUT2D eigenvalue weighted by atomic mass is 32.2. The van der Waals surface area contributed by atoms with Crippen molar-refractivity contribution in [3.05, 3.63) is 29.8 Å². The maximum atomic E-state index is 12.5. The second-order valence-electron chi connectivity index (χ2n) is 4.86. The average molecular weight is 320 g/mol. The number of amides is 1. The Kier molecular flexibility index (Phi) is 4.12. The van der Waals surface area contributed by atoms with Crippen molar-refractivity contribution in [3.63, 3.8) is 0 Å². The lowest BCUT2D eigenvalue weighted by Gasteiger charge is -2.22. The summed E-state index contributed by atoms with van der Waals surface area (Å²) in [5.41, 5.74) is 2.29. The van der Waals surface area contributed by atoms with Gasteiger partial charge in [0.15, 0.2) is 4.34 Å². The highest BCUT2D eigenvalue weighted by Crippen LogP contribution is 2.33. The van der Waals surface area contributed by atoms with E-state index in [1.807, 2.05) is 30.1 Å². The first-order valence-electron chi connectivity index (χ1n) is 6.73. The number of aromatic nitrogens is 2. The number of rotatable bonds is 4. The lowest BCUT2D eigenvalue weighted by molar-refractivity contribution is -0.116. The van der Waals surface area contributed by atoms with Crippen molar-refractivity contribution in [1.82, 2.24) is 10.2 Å². The van der Waals surface area contributed by atoms with Crippen LogP contribution in [0.15, 0.2) is 28.6 Å². The molecule has 0 aliphatic carbocycles. The van der Waals surface area contributed by atoms with Crippen LogP contribution in [0.25, 0.3) is 0 Å². The van der Waals surface area contributed by atoms with Gasteiger partial charge in [-0.1, -0.05) is 41.3 Å². The van der Waals surface area contributed by atoms with Crippen molar-refractivity contribution >= 4 is 39.8 Å². The maximum Gasteiger partial charge on any atom is 0.237 e. The fourth-order valence-corrected chi connectivity index (χ4v) is 4.07. The summed E-state index contributed by atoms with van der Waals surface area (Å²) in [5.74, 6) is 0.510. The summed E-state index contributed by atoms with van der Waals surface area (Å²) in [6, 6.07) is 8.34. The van der Waals surface area contributed by atoms with E-state index in [1.165, 1.54) is 28.7 Å². The molecule has 0 unspecified atom stereocenters. The largest absolute Gasteiger partial charge is 0.363 e. The molecule has 1 aliphatic rings. The standard InChI is InChI=1S/C14H16N4OS2/c1-9-7-10-5-3-4-6-11(10)18(9)12(19)8-20-14-17-16-13(15-2)21-14/h3-6,9H,7-8H2,1-2H3,(H,15,16)/t9-/m1/s1. The predicted octanol–water partition coefficient (Wildman–Crippen LogP) is 2.65. The number of anilines is 2. The third-order valence-corrected chi connectivity index (χ3v) is 5.47. The molecular formula is C14H16N4OS2. The molecule has 2 aromatic rings. The molecule has 1 N–H and O–H groups in total. The Hall–Kier alpha value is -1.60. The zero-order valence-corrected chi connectivity index (χ0v) is 13.5. The molecule has 1 aromatic carbocycles. The molecule has 0 radical (unpaired) electrons. The molecule has 0 fully saturated rings. The number of thioether (sulfide) groups is 1. The van der Waals surface area contributed by atoms with Gasteiger partial charge in [0.05, 0.1) is 5.75 Å². The monoisotopic (exact) mass is 320 g/mol. The summed E-state index contributed by atoms with van der Waals surface area (Å²) in [6.45, 7) is 2.09. The van der Waals surface area contributed by atoms with Gasteiger partial charge in [-0.25, -0.2) is 0 Å². The molecule has 1 aromatic heterocycles. The topological polar surface area (TPSA) is 58.1 Å². The molecule has 1 aliphatic heterocycles. The van der Waals surface area contributed by atoms with E-state index in [1.54, 1.807) is 0 Å². The number of hydrogen-bond acceptors (Lipinski definition) is 6. The van der Waals surface area contributed by atoms with E-state index in [4.69, 9.17) is 0 Å². The van der Waals surface area contributed by atoms with E-state index in [-0.39, 0.29) is 11.9 Å². The Morgan fingerprint density at radius 2 is 2.29 bits per heavy atom. The van der Waals surface area contributed by atoms with Gasteiger partial charge in [-0.15, -0.1) is 10.2 Å². The molecule has 0 bridgehead atoms. The van der Waals surface area contributed by atoms with Gasteiger partial charge in [0.1, 0.15) is 0 Å². The van der Waals surface area contributed by atoms with Crippen molar-refractivity contribution in [3.8, 4) is 0 Å². The molecule has 3 rings (SSSR count). The number of carbonyl (C=O) groups excluding carboxylic acids is 1. The van der Waals surface area contributed by atoms with Crippen LogP contribution in [0.1, 0.15) is 12.5 Å². The molecule has 0 saturated carbocycles. The number of nitrogens with one attached hydrogen (secondary N) is 1. The molecule has 7 heteroatoms. The highest BCUT2D eigenvalue weighted by Gasteiger charge is 2.30. The van der Waals surface area contributed by atoms with Gasteiger partial charge in [0.25, 0.3) is 0 Å². The molecule has 2 heterocycles. The lowest BCUT2D eigenvalue weighted by atomic mass is 10.1. The van der Waals surface area contributed by atoms with Crippen LogP contribution in [0, 0.1) is 0 Å². The first kappa shape index (κ1) is 14.3. The van der Waals surface area contributed by atoms with Crippen LogP contribution < -0.4 is 10.2 Å². The van der Waals surface area contributed by atoms with E-state index in [0.717, 1.165) is 21.6 Å². The Morgan fingerprint density at radius 1 is 1.48 bits per heavy atom. The summed E-state index contributed by atoms with van der Waals surface area (Å²) >= 11 is 2.90. The predicted molar refractivity (Wildman–Crippen MR) is 87.3 cm³/mol. The van der Waals surface area contributed by atoms with Crippen LogP contribution in [-0.2, 0) is 11.2 Å². The Bertz CT molecular complexity index is 658. The van der Waals surface area contributed by atoms with Crippen molar-refractivity contribution in [2.45, 2.75) is 23.7 Å². The molecule has 1 atom stereocenters. The van der Waals surface area contributed by atoms with Gasteiger partial charge < -0.3 is 10.2 Å². The fraction of sp³-hybridized carbons (Fsp3) is 0.357. The molecule has 21 heavy (non-hydrogen) atoms. The number of nitrogens with zero attached hydrogens (tertiary/aromatic N) is 3. The number of fused-ring (bicyclic) bond motifs is 1. The quantitative estimate of drug-likeness (QED) is 0.878. The van der Waals surface area contributed by atoms with Crippen LogP contribution in [0.3, 0.4) is 0 Å². The third kappa shape index (κ3) is 2.89. The first-order chi connectivity index (χ1) is 10.2. The Labute approximate surface area is 131 Å². The van der Waals surface area contributed by atoms with Crippen molar-refractivity contribution in [1.29, 1.82) is 0 Å². The minimum Gasteiger partial charge on any atom is -0.363 e. The van der Waals surface area contributed by atoms with Crippen LogP contribution >= 0.6 is 23.1 Å². The van der Waals surface area contributed by atoms with E-state index >= 15 is 0 Å². The van der Waals surface area contributed by atoms with Crippen LogP contribution in [0.4, 0.5) is 10.8 Å². The van der Waals surface area contributed by atoms with Crippen molar-refractivity contribution < 1.29 is 4.79 Å². The van der Waals surface area contributed by atoms with E-state index in [9.17, 15) is 4.79 Å². The molecule has 1 amide bonds. The molecular weight excluding hydrogens is 304 g/mol.